The van der Waals surface area contributed by atoms with E-state index in [4.69, 9.17) is 0 Å². The number of aliphatic carboxylic acids is 2. The van der Waals surface area contributed by atoms with Crippen molar-refractivity contribution in [1.29, 1.82) is 0 Å². The van der Waals surface area contributed by atoms with Gasteiger partial charge >= 0.3 is 11.9 Å². The Labute approximate surface area is 145 Å². The van der Waals surface area contributed by atoms with Crippen LogP contribution in [0.4, 0.5) is 0 Å². The summed E-state index contributed by atoms with van der Waals surface area (Å²) >= 11 is 0. The molecule has 6 heteroatoms. The van der Waals surface area contributed by atoms with Crippen LogP contribution in [0.2, 0.25) is 0 Å². The molecule has 0 saturated carbocycles. The number of unbranched alkanes of at least 4 members (excludes halogenated alkanes) is 4. The minimum Gasteiger partial charge on any atom is -0.477 e. The molecule has 24 heavy (non-hydrogen) atoms. The molecule has 0 bridgehead atoms. The monoisotopic (exact) mass is 344 g/mol. The van der Waals surface area contributed by atoms with E-state index in [2.05, 4.69) is 6.92 Å². The predicted molar refractivity (Wildman–Crippen MR) is 93.5 cm³/mol. The maximum atomic E-state index is 11.7. The molecule has 0 aromatic carbocycles. The van der Waals surface area contributed by atoms with Crippen molar-refractivity contribution in [3.8, 4) is 0 Å². The third-order valence-corrected chi connectivity index (χ3v) is 4.60. The summed E-state index contributed by atoms with van der Waals surface area (Å²) in [6, 6.07) is -1.77. The van der Waals surface area contributed by atoms with Gasteiger partial charge in [0.25, 0.3) is 0 Å². The van der Waals surface area contributed by atoms with Crippen molar-refractivity contribution in [2.45, 2.75) is 77.8 Å². The molecular weight excluding hydrogens is 310 g/mol. The first-order chi connectivity index (χ1) is 11.4. The molecule has 6 nitrogen and oxygen atoms in total. The normalized spacial score (nSPS) is 16.7. The molecule has 2 atom stereocenters. The van der Waals surface area contributed by atoms with Gasteiger partial charge in [0.15, 0.2) is 12.1 Å². The molecule has 0 radical (unpaired) electrons. The number of rotatable bonds is 14. The Kier molecular flexibility index (Phi) is 11.3. The number of quaternary nitrogens is 1. The lowest BCUT2D eigenvalue weighted by Gasteiger charge is -2.43. The van der Waals surface area contributed by atoms with Crippen LogP contribution < -0.4 is 0 Å². The summed E-state index contributed by atoms with van der Waals surface area (Å²) in [5.74, 6) is -2.05. The Morgan fingerprint density at radius 1 is 0.958 bits per heavy atom. The average Bonchev–Trinajstić information content (AvgIpc) is 2.51. The molecule has 0 aromatic heterocycles. The Balaban J connectivity index is 5.60. The van der Waals surface area contributed by atoms with Crippen molar-refractivity contribution in [1.82, 2.24) is 0 Å². The van der Waals surface area contributed by atoms with Gasteiger partial charge in [-0.05, 0) is 18.9 Å². The largest absolute Gasteiger partial charge is 0.477 e. The van der Waals surface area contributed by atoms with Crippen LogP contribution in [-0.2, 0) is 9.59 Å². The summed E-state index contributed by atoms with van der Waals surface area (Å²) in [5.41, 5.74) is 0. The van der Waals surface area contributed by atoms with E-state index < -0.39 is 24.0 Å². The first kappa shape index (κ1) is 22.6. The fourth-order valence-electron chi connectivity index (χ4n) is 3.38. The first-order valence-electron chi connectivity index (χ1n) is 9.02. The molecular formula is C18H34NO5+. The number of nitrogens with zero attached hydrogens (tertiary/aromatic N) is 1. The molecule has 0 aliphatic rings. The minimum absolute atomic E-state index is 0.0844. The van der Waals surface area contributed by atoms with Crippen LogP contribution in [0, 0.1) is 0 Å². The molecule has 0 spiro atoms. The highest BCUT2D eigenvalue weighted by molar-refractivity contribution is 5.75. The summed E-state index contributed by atoms with van der Waals surface area (Å²) in [6.45, 7) is 5.45. The van der Waals surface area contributed by atoms with Gasteiger partial charge in [-0.25, -0.2) is 9.59 Å². The van der Waals surface area contributed by atoms with Gasteiger partial charge in [-0.2, -0.15) is 0 Å². The van der Waals surface area contributed by atoms with E-state index in [1.165, 1.54) is 0 Å². The van der Waals surface area contributed by atoms with Crippen molar-refractivity contribution in [2.75, 3.05) is 13.2 Å². The highest BCUT2D eigenvalue weighted by Crippen LogP contribution is 2.26. The lowest BCUT2D eigenvalue weighted by Crippen LogP contribution is -2.63. The summed E-state index contributed by atoms with van der Waals surface area (Å²) in [7, 11) is 0. The quantitative estimate of drug-likeness (QED) is 0.333. The van der Waals surface area contributed by atoms with Gasteiger partial charge in [0, 0.05) is 12.8 Å². The molecule has 0 rings (SSSR count). The van der Waals surface area contributed by atoms with Gasteiger partial charge in [-0.15, -0.1) is 0 Å². The number of carbonyl (C=O) groups is 2. The molecule has 0 amide bonds. The van der Waals surface area contributed by atoms with Crippen molar-refractivity contribution in [2.24, 2.45) is 0 Å². The molecule has 3 N–H and O–H groups in total. The van der Waals surface area contributed by atoms with E-state index in [0.29, 0.717) is 12.8 Å². The number of aliphatic hydroxyl groups excluding tert-OH is 1. The molecule has 0 aliphatic heterocycles. The SMILES string of the molecule is CCCCCC/C=C/[N+](CCO)(C(CC)C(=O)O)C(CC)C(=O)O. The fraction of sp³-hybridized carbons (Fsp3) is 0.778. The second kappa shape index (κ2) is 12.0. The zero-order chi connectivity index (χ0) is 18.6. The van der Waals surface area contributed by atoms with Crippen molar-refractivity contribution in [3.63, 3.8) is 0 Å². The lowest BCUT2D eigenvalue weighted by molar-refractivity contribution is -0.912. The smallest absolute Gasteiger partial charge is 0.362 e. The van der Waals surface area contributed by atoms with Crippen LogP contribution in [0.1, 0.15) is 65.7 Å². The van der Waals surface area contributed by atoms with Gasteiger partial charge in [-0.1, -0.05) is 40.0 Å². The van der Waals surface area contributed by atoms with E-state index in [-0.39, 0.29) is 17.6 Å². The zero-order valence-electron chi connectivity index (χ0n) is 15.3. The van der Waals surface area contributed by atoms with E-state index in [1.807, 2.05) is 6.08 Å². The Morgan fingerprint density at radius 2 is 1.50 bits per heavy atom. The van der Waals surface area contributed by atoms with Crippen molar-refractivity contribution < 1.29 is 29.4 Å². The summed E-state index contributed by atoms with van der Waals surface area (Å²) < 4.78 is -0.234. The van der Waals surface area contributed by atoms with Gasteiger partial charge in [0.2, 0.25) is 0 Å². The Bertz CT molecular complexity index is 386. The number of aliphatic hydroxyl groups is 1. The third kappa shape index (κ3) is 6.24. The highest BCUT2D eigenvalue weighted by atomic mass is 16.4. The second-order valence-corrected chi connectivity index (χ2v) is 6.20. The van der Waals surface area contributed by atoms with E-state index in [9.17, 15) is 24.9 Å². The zero-order valence-corrected chi connectivity index (χ0v) is 15.3. The summed E-state index contributed by atoms with van der Waals surface area (Å²) in [4.78, 5) is 23.5. The third-order valence-electron chi connectivity index (χ3n) is 4.60. The topological polar surface area (TPSA) is 94.8 Å². The number of carboxylic acids is 2. The molecule has 140 valence electrons. The highest BCUT2D eigenvalue weighted by Gasteiger charge is 2.48. The number of carboxylic acid groups (broad SMARTS) is 2. The van der Waals surface area contributed by atoms with E-state index in [0.717, 1.165) is 32.1 Å². The summed E-state index contributed by atoms with van der Waals surface area (Å²) in [6.07, 6.45) is 9.40. The van der Waals surface area contributed by atoms with Crippen molar-refractivity contribution in [3.05, 3.63) is 12.3 Å². The number of hydrogen-bond acceptors (Lipinski definition) is 3. The average molecular weight is 344 g/mol. The maximum absolute atomic E-state index is 11.7. The maximum Gasteiger partial charge on any atom is 0.362 e. The molecule has 0 aromatic rings. The van der Waals surface area contributed by atoms with E-state index in [1.54, 1.807) is 20.0 Å². The standard InChI is InChI=1S/C18H33NO5/c1-4-7-8-9-10-11-12-19(13-14-20,15(5-2)17(21)22)16(6-3)18(23)24/h11-12,15-16,20H,4-10,13-14H2,1-3H3,(H-,21,22,23,24)/p+1/b12-11+. The summed E-state index contributed by atoms with van der Waals surface area (Å²) in [5, 5.41) is 28.7. The lowest BCUT2D eigenvalue weighted by atomic mass is 10.0. The molecule has 0 fully saturated rings. The second-order valence-electron chi connectivity index (χ2n) is 6.20. The first-order valence-corrected chi connectivity index (χ1v) is 9.02. The Morgan fingerprint density at radius 3 is 1.88 bits per heavy atom. The molecule has 0 saturated heterocycles. The predicted octanol–water partition coefficient (Wildman–Crippen LogP) is 3.01. The van der Waals surface area contributed by atoms with Gasteiger partial charge < -0.3 is 15.3 Å². The number of allylic oxidation sites excluding steroid dienone is 1. The van der Waals surface area contributed by atoms with Crippen LogP contribution in [-0.4, -0.2) is 57.0 Å². The van der Waals surface area contributed by atoms with Crippen molar-refractivity contribution >= 4 is 11.9 Å². The molecule has 2 unspecified atom stereocenters. The van der Waals surface area contributed by atoms with Crippen LogP contribution >= 0.6 is 0 Å². The van der Waals surface area contributed by atoms with Gasteiger partial charge in [0.1, 0.15) is 6.54 Å². The van der Waals surface area contributed by atoms with Gasteiger partial charge in [-0.3, -0.25) is 4.48 Å². The molecule has 0 aliphatic carbocycles. The molecule has 0 heterocycles. The van der Waals surface area contributed by atoms with Crippen LogP contribution in [0.25, 0.3) is 0 Å². The van der Waals surface area contributed by atoms with E-state index >= 15 is 0 Å². The van der Waals surface area contributed by atoms with Crippen LogP contribution in [0.3, 0.4) is 0 Å². The van der Waals surface area contributed by atoms with Gasteiger partial charge in [0.05, 0.1) is 12.8 Å². The van der Waals surface area contributed by atoms with Crippen LogP contribution in [0.15, 0.2) is 12.3 Å². The number of hydrogen-bond donors (Lipinski definition) is 3. The minimum atomic E-state index is -1.03. The Hall–Kier alpha value is -1.40. The fourth-order valence-corrected chi connectivity index (χ4v) is 3.38. The van der Waals surface area contributed by atoms with Crippen LogP contribution in [0.5, 0.6) is 0 Å².